The fraction of sp³-hybridized carbons (Fsp3) is 0.105. The number of aryl methyl sites for hydroxylation is 2. The first-order chi connectivity index (χ1) is 12.8. The molecule has 0 spiro atoms. The quantitative estimate of drug-likeness (QED) is 0.706. The topological polar surface area (TPSA) is 101 Å². The number of benzene rings is 2. The Hall–Kier alpha value is -3.26. The molecule has 8 heteroatoms. The molecular formula is C19H18N4O3S. The molecule has 1 amide bonds. The summed E-state index contributed by atoms with van der Waals surface area (Å²) in [6, 6.07) is 16.4. The average Bonchev–Trinajstić information content (AvgIpc) is 2.61. The summed E-state index contributed by atoms with van der Waals surface area (Å²) < 4.78 is 27.4. The van der Waals surface area contributed by atoms with Crippen molar-refractivity contribution in [1.82, 2.24) is 9.97 Å². The number of carbonyl (C=O) groups is 1. The molecule has 1 heterocycles. The maximum Gasteiger partial charge on any atom is 0.264 e. The largest absolute Gasteiger partial charge is 0.322 e. The molecule has 0 bridgehead atoms. The van der Waals surface area contributed by atoms with Crippen molar-refractivity contribution in [3.05, 3.63) is 77.6 Å². The van der Waals surface area contributed by atoms with Gasteiger partial charge >= 0.3 is 0 Å². The second-order valence-corrected chi connectivity index (χ2v) is 7.61. The van der Waals surface area contributed by atoms with E-state index in [2.05, 4.69) is 20.0 Å². The first-order valence-electron chi connectivity index (χ1n) is 8.15. The van der Waals surface area contributed by atoms with Gasteiger partial charge < -0.3 is 5.32 Å². The summed E-state index contributed by atoms with van der Waals surface area (Å²) in [5.41, 5.74) is 2.34. The van der Waals surface area contributed by atoms with Crippen molar-refractivity contribution in [2.45, 2.75) is 18.7 Å². The molecule has 0 fully saturated rings. The molecule has 3 aromatic rings. The molecule has 2 N–H and O–H groups in total. The summed E-state index contributed by atoms with van der Waals surface area (Å²) in [5.74, 6) is -0.248. The molecule has 0 unspecified atom stereocenters. The van der Waals surface area contributed by atoms with Crippen LogP contribution in [0.2, 0.25) is 0 Å². The Labute approximate surface area is 157 Å². The van der Waals surface area contributed by atoms with Gasteiger partial charge in [-0.15, -0.1) is 0 Å². The van der Waals surface area contributed by atoms with Gasteiger partial charge in [0.25, 0.3) is 15.9 Å². The van der Waals surface area contributed by atoms with Gasteiger partial charge in [-0.05, 0) is 56.3 Å². The summed E-state index contributed by atoms with van der Waals surface area (Å²) in [6.45, 7) is 3.52. The van der Waals surface area contributed by atoms with Gasteiger partial charge in [-0.3, -0.25) is 4.79 Å². The van der Waals surface area contributed by atoms with Gasteiger partial charge in [-0.25, -0.2) is 23.1 Å². The lowest BCUT2D eigenvalue weighted by Crippen LogP contribution is -2.16. The molecule has 3 rings (SSSR count). The number of hydrogen-bond donors (Lipinski definition) is 2. The van der Waals surface area contributed by atoms with Crippen molar-refractivity contribution in [3.63, 3.8) is 0 Å². The van der Waals surface area contributed by atoms with E-state index in [1.165, 1.54) is 24.3 Å². The van der Waals surface area contributed by atoms with Crippen LogP contribution in [0.5, 0.6) is 0 Å². The summed E-state index contributed by atoms with van der Waals surface area (Å²) in [6.07, 6.45) is 0. The Bertz CT molecular complexity index is 1050. The van der Waals surface area contributed by atoms with E-state index in [-0.39, 0.29) is 16.8 Å². The highest BCUT2D eigenvalue weighted by atomic mass is 32.2. The highest BCUT2D eigenvalue weighted by molar-refractivity contribution is 7.92. The molecule has 0 aliphatic rings. The predicted molar refractivity (Wildman–Crippen MR) is 103 cm³/mol. The lowest BCUT2D eigenvalue weighted by molar-refractivity contribution is 0.102. The molecule has 0 radical (unpaired) electrons. The zero-order valence-corrected chi connectivity index (χ0v) is 15.6. The monoisotopic (exact) mass is 382 g/mol. The highest BCUT2D eigenvalue weighted by Crippen LogP contribution is 2.17. The lowest BCUT2D eigenvalue weighted by Gasteiger charge is -2.09. The molecule has 2 aromatic carbocycles. The maximum atomic E-state index is 12.5. The lowest BCUT2D eigenvalue weighted by atomic mass is 10.2. The van der Waals surface area contributed by atoms with E-state index in [0.717, 1.165) is 0 Å². The number of hydrogen-bond acceptors (Lipinski definition) is 5. The van der Waals surface area contributed by atoms with Crippen LogP contribution in [-0.4, -0.2) is 24.3 Å². The van der Waals surface area contributed by atoms with E-state index >= 15 is 0 Å². The number of sulfonamides is 1. The van der Waals surface area contributed by atoms with Gasteiger partial charge in [0.15, 0.2) is 0 Å². The fourth-order valence-electron chi connectivity index (χ4n) is 2.46. The molecule has 1 aromatic heterocycles. The molecule has 138 valence electrons. The second kappa shape index (κ2) is 7.55. The fourth-order valence-corrected chi connectivity index (χ4v) is 3.40. The van der Waals surface area contributed by atoms with Gasteiger partial charge in [0, 0.05) is 22.6 Å². The third-order valence-corrected chi connectivity index (χ3v) is 5.01. The highest BCUT2D eigenvalue weighted by Gasteiger charge is 2.16. The SMILES string of the molecule is Cc1cc(C)nc(NS(=O)(=O)c2ccc(NC(=O)c3ccccc3)cc2)n1. The maximum absolute atomic E-state index is 12.5. The van der Waals surface area contributed by atoms with Crippen molar-refractivity contribution in [1.29, 1.82) is 0 Å². The average molecular weight is 382 g/mol. The third-order valence-electron chi connectivity index (χ3n) is 3.67. The van der Waals surface area contributed by atoms with Crippen molar-refractivity contribution >= 4 is 27.6 Å². The molecular weight excluding hydrogens is 364 g/mol. The van der Waals surface area contributed by atoms with Crippen LogP contribution in [0.4, 0.5) is 11.6 Å². The summed E-state index contributed by atoms with van der Waals surface area (Å²) in [4.78, 5) is 20.3. The zero-order chi connectivity index (χ0) is 19.4. The summed E-state index contributed by atoms with van der Waals surface area (Å²) >= 11 is 0. The number of anilines is 2. The smallest absolute Gasteiger partial charge is 0.264 e. The molecule has 0 atom stereocenters. The molecule has 0 saturated carbocycles. The normalized spacial score (nSPS) is 11.0. The number of amides is 1. The van der Waals surface area contributed by atoms with Crippen molar-refractivity contribution in [3.8, 4) is 0 Å². The third kappa shape index (κ3) is 4.68. The van der Waals surface area contributed by atoms with E-state index < -0.39 is 10.0 Å². The standard InChI is InChI=1S/C19H18N4O3S/c1-13-12-14(2)21-19(20-13)23-27(25,26)17-10-8-16(9-11-17)22-18(24)15-6-4-3-5-7-15/h3-12H,1-2H3,(H,22,24)(H,20,21,23). The van der Waals surface area contributed by atoms with Crippen LogP contribution in [0.25, 0.3) is 0 Å². The molecule has 27 heavy (non-hydrogen) atoms. The Balaban J connectivity index is 1.75. The minimum Gasteiger partial charge on any atom is -0.322 e. The van der Waals surface area contributed by atoms with Crippen molar-refractivity contribution in [2.75, 3.05) is 10.0 Å². The van der Waals surface area contributed by atoms with Crippen LogP contribution in [0.1, 0.15) is 21.7 Å². The van der Waals surface area contributed by atoms with E-state index in [0.29, 0.717) is 22.6 Å². The van der Waals surface area contributed by atoms with E-state index in [9.17, 15) is 13.2 Å². The molecule has 0 saturated heterocycles. The Morgan fingerprint density at radius 1 is 0.889 bits per heavy atom. The van der Waals surface area contributed by atoms with Gasteiger partial charge in [0.1, 0.15) is 0 Å². The number of aromatic nitrogens is 2. The van der Waals surface area contributed by atoms with Crippen LogP contribution < -0.4 is 10.0 Å². The van der Waals surface area contributed by atoms with Gasteiger partial charge in [0.05, 0.1) is 4.90 Å². The molecule has 0 aliphatic heterocycles. The Morgan fingerprint density at radius 2 is 1.48 bits per heavy atom. The van der Waals surface area contributed by atoms with Crippen LogP contribution in [0.15, 0.2) is 65.6 Å². The minimum atomic E-state index is -3.83. The van der Waals surface area contributed by atoms with Crippen molar-refractivity contribution in [2.24, 2.45) is 0 Å². The predicted octanol–water partition coefficient (Wildman–Crippen LogP) is 3.15. The number of rotatable bonds is 5. The van der Waals surface area contributed by atoms with E-state index in [4.69, 9.17) is 0 Å². The summed E-state index contributed by atoms with van der Waals surface area (Å²) in [5, 5.41) is 2.72. The Morgan fingerprint density at radius 3 is 2.07 bits per heavy atom. The minimum absolute atomic E-state index is 0.0222. The first-order valence-corrected chi connectivity index (χ1v) is 9.63. The van der Waals surface area contributed by atoms with E-state index in [1.807, 2.05) is 6.07 Å². The first kappa shape index (κ1) is 18.5. The van der Waals surface area contributed by atoms with Crippen molar-refractivity contribution < 1.29 is 13.2 Å². The van der Waals surface area contributed by atoms with Gasteiger partial charge in [-0.2, -0.15) is 0 Å². The Kier molecular flexibility index (Phi) is 5.18. The number of nitrogens with zero attached hydrogens (tertiary/aromatic N) is 2. The summed E-state index contributed by atoms with van der Waals surface area (Å²) in [7, 11) is -3.83. The number of nitrogens with one attached hydrogen (secondary N) is 2. The molecule has 7 nitrogen and oxygen atoms in total. The van der Waals surface area contributed by atoms with Crippen LogP contribution in [-0.2, 0) is 10.0 Å². The van der Waals surface area contributed by atoms with Gasteiger partial charge in [-0.1, -0.05) is 18.2 Å². The molecule has 0 aliphatic carbocycles. The van der Waals surface area contributed by atoms with Crippen LogP contribution in [0.3, 0.4) is 0 Å². The van der Waals surface area contributed by atoms with Crippen LogP contribution >= 0.6 is 0 Å². The number of carbonyl (C=O) groups excluding carboxylic acids is 1. The zero-order valence-electron chi connectivity index (χ0n) is 14.8. The van der Waals surface area contributed by atoms with Crippen LogP contribution in [0, 0.1) is 13.8 Å². The van der Waals surface area contributed by atoms with E-state index in [1.54, 1.807) is 44.2 Å². The van der Waals surface area contributed by atoms with Gasteiger partial charge in [0.2, 0.25) is 5.95 Å². The second-order valence-electron chi connectivity index (χ2n) is 5.92.